The minimum absolute atomic E-state index is 0.0231. The predicted molar refractivity (Wildman–Crippen MR) is 76.5 cm³/mol. The molecule has 0 spiro atoms. The molecule has 2 saturated heterocycles. The van der Waals surface area contributed by atoms with Gasteiger partial charge in [0.2, 0.25) is 5.89 Å². The van der Waals surface area contributed by atoms with E-state index in [0.29, 0.717) is 11.8 Å². The highest BCUT2D eigenvalue weighted by molar-refractivity contribution is 4.88. The maximum absolute atomic E-state index is 5.61. The normalized spacial score (nSPS) is 22.4. The van der Waals surface area contributed by atoms with Gasteiger partial charge in [-0.1, -0.05) is 19.0 Å². The van der Waals surface area contributed by atoms with Gasteiger partial charge in [-0.15, -0.1) is 0 Å². The molecule has 0 radical (unpaired) electrons. The van der Waals surface area contributed by atoms with E-state index in [1.165, 1.54) is 0 Å². The van der Waals surface area contributed by atoms with Gasteiger partial charge in [0.25, 0.3) is 0 Å². The fourth-order valence-electron chi connectivity index (χ4n) is 3.02. The average molecular weight is 295 g/mol. The van der Waals surface area contributed by atoms with Crippen molar-refractivity contribution in [2.45, 2.75) is 45.9 Å². The molecule has 2 fully saturated rings. The summed E-state index contributed by atoms with van der Waals surface area (Å²) in [5, 5.41) is 4.08. The number of hydrogen-bond donors (Lipinski definition) is 0. The Hall–Kier alpha value is -0.980. The Bertz CT molecular complexity index is 435. The number of nitrogens with zero attached hydrogens (tertiary/aromatic N) is 3. The number of hydrogen-bond acceptors (Lipinski definition) is 6. The van der Waals surface area contributed by atoms with E-state index in [-0.39, 0.29) is 6.29 Å². The molecule has 0 aliphatic carbocycles. The summed E-state index contributed by atoms with van der Waals surface area (Å²) in [6.07, 6.45) is 3.10. The zero-order chi connectivity index (χ0) is 14.7. The van der Waals surface area contributed by atoms with E-state index in [1.807, 2.05) is 0 Å². The van der Waals surface area contributed by atoms with Crippen LogP contribution in [0.3, 0.4) is 0 Å². The fourth-order valence-corrected chi connectivity index (χ4v) is 3.02. The Morgan fingerprint density at radius 3 is 2.57 bits per heavy atom. The summed E-state index contributed by atoms with van der Waals surface area (Å²) < 4.78 is 16.5. The van der Waals surface area contributed by atoms with Gasteiger partial charge in [0.1, 0.15) is 0 Å². The molecule has 118 valence electrons. The minimum atomic E-state index is 0.0231. The highest BCUT2D eigenvalue weighted by Crippen LogP contribution is 2.26. The molecule has 0 unspecified atom stereocenters. The Balaban J connectivity index is 1.45. The third-order valence-corrected chi connectivity index (χ3v) is 4.12. The maximum atomic E-state index is 5.61. The molecule has 1 aromatic heterocycles. The maximum Gasteiger partial charge on any atom is 0.226 e. The number of rotatable bonds is 5. The summed E-state index contributed by atoms with van der Waals surface area (Å²) in [4.78, 5) is 6.86. The second kappa shape index (κ2) is 6.85. The van der Waals surface area contributed by atoms with Gasteiger partial charge in [-0.05, 0) is 31.8 Å². The van der Waals surface area contributed by atoms with Gasteiger partial charge in [-0.25, -0.2) is 0 Å². The second-order valence-corrected chi connectivity index (χ2v) is 6.43. The third-order valence-electron chi connectivity index (χ3n) is 4.12. The lowest BCUT2D eigenvalue weighted by Crippen LogP contribution is -2.37. The van der Waals surface area contributed by atoms with Crippen molar-refractivity contribution in [3.05, 3.63) is 11.7 Å². The SMILES string of the molecule is CC(C)Cc1nc(CN2CCC(C3OCCO3)CC2)no1. The van der Waals surface area contributed by atoms with Crippen LogP contribution in [-0.2, 0) is 22.4 Å². The van der Waals surface area contributed by atoms with Crippen LogP contribution >= 0.6 is 0 Å². The highest BCUT2D eigenvalue weighted by Gasteiger charge is 2.30. The summed E-state index contributed by atoms with van der Waals surface area (Å²) >= 11 is 0. The molecule has 0 N–H and O–H groups in total. The molecule has 2 aliphatic heterocycles. The first-order valence-corrected chi connectivity index (χ1v) is 7.97. The lowest BCUT2D eigenvalue weighted by molar-refractivity contribution is -0.0979. The molecule has 6 nitrogen and oxygen atoms in total. The van der Waals surface area contributed by atoms with E-state index in [0.717, 1.165) is 63.8 Å². The Labute approximate surface area is 125 Å². The minimum Gasteiger partial charge on any atom is -0.350 e. The van der Waals surface area contributed by atoms with E-state index in [1.54, 1.807) is 0 Å². The van der Waals surface area contributed by atoms with Crippen LogP contribution in [0.4, 0.5) is 0 Å². The van der Waals surface area contributed by atoms with Crippen molar-refractivity contribution in [3.8, 4) is 0 Å². The smallest absolute Gasteiger partial charge is 0.226 e. The van der Waals surface area contributed by atoms with Crippen LogP contribution in [0.15, 0.2) is 4.52 Å². The molecule has 6 heteroatoms. The molecule has 0 amide bonds. The Kier molecular flexibility index (Phi) is 4.87. The number of likely N-dealkylation sites (tertiary alicyclic amines) is 1. The summed E-state index contributed by atoms with van der Waals surface area (Å²) in [6.45, 7) is 8.66. The van der Waals surface area contributed by atoms with Gasteiger partial charge >= 0.3 is 0 Å². The van der Waals surface area contributed by atoms with E-state index in [4.69, 9.17) is 14.0 Å². The Morgan fingerprint density at radius 2 is 1.90 bits per heavy atom. The third kappa shape index (κ3) is 4.02. The van der Waals surface area contributed by atoms with Crippen LogP contribution in [0.2, 0.25) is 0 Å². The van der Waals surface area contributed by atoms with E-state index in [2.05, 4.69) is 28.9 Å². The van der Waals surface area contributed by atoms with Crippen LogP contribution in [0.25, 0.3) is 0 Å². The van der Waals surface area contributed by atoms with Crippen molar-refractivity contribution in [1.82, 2.24) is 15.0 Å². The summed E-state index contributed by atoms with van der Waals surface area (Å²) in [5.74, 6) is 2.63. The van der Waals surface area contributed by atoms with Gasteiger partial charge < -0.3 is 14.0 Å². The van der Waals surface area contributed by atoms with E-state index in [9.17, 15) is 0 Å². The first-order valence-electron chi connectivity index (χ1n) is 7.97. The number of aromatic nitrogens is 2. The molecule has 0 atom stereocenters. The second-order valence-electron chi connectivity index (χ2n) is 6.43. The van der Waals surface area contributed by atoms with Crippen LogP contribution in [0.1, 0.15) is 38.4 Å². The van der Waals surface area contributed by atoms with Crippen molar-refractivity contribution >= 4 is 0 Å². The predicted octanol–water partition coefficient (Wildman–Crippen LogP) is 1.85. The first-order chi connectivity index (χ1) is 10.2. The molecule has 0 aromatic carbocycles. The van der Waals surface area contributed by atoms with Gasteiger partial charge in [-0.2, -0.15) is 4.98 Å². The molecular formula is C15H25N3O3. The monoisotopic (exact) mass is 295 g/mol. The van der Waals surface area contributed by atoms with Crippen LogP contribution in [0.5, 0.6) is 0 Å². The first kappa shape index (κ1) is 14.9. The fraction of sp³-hybridized carbons (Fsp3) is 0.867. The topological polar surface area (TPSA) is 60.6 Å². The van der Waals surface area contributed by atoms with E-state index >= 15 is 0 Å². The highest BCUT2D eigenvalue weighted by atomic mass is 16.7. The molecule has 21 heavy (non-hydrogen) atoms. The van der Waals surface area contributed by atoms with Gasteiger partial charge in [-0.3, -0.25) is 4.90 Å². The molecule has 1 aromatic rings. The average Bonchev–Trinajstić information content (AvgIpc) is 3.11. The Morgan fingerprint density at radius 1 is 1.19 bits per heavy atom. The zero-order valence-electron chi connectivity index (χ0n) is 13.0. The van der Waals surface area contributed by atoms with Crippen LogP contribution < -0.4 is 0 Å². The molecule has 0 bridgehead atoms. The van der Waals surface area contributed by atoms with Crippen molar-refractivity contribution in [2.24, 2.45) is 11.8 Å². The summed E-state index contributed by atoms with van der Waals surface area (Å²) in [6, 6.07) is 0. The standard InChI is InChI=1S/C15H25N3O3/c1-11(2)9-14-16-13(17-21-14)10-18-5-3-12(4-6-18)15-19-7-8-20-15/h11-12,15H,3-10H2,1-2H3. The lowest BCUT2D eigenvalue weighted by atomic mass is 9.96. The van der Waals surface area contributed by atoms with Crippen molar-refractivity contribution in [1.29, 1.82) is 0 Å². The van der Waals surface area contributed by atoms with E-state index < -0.39 is 0 Å². The number of piperidine rings is 1. The van der Waals surface area contributed by atoms with Crippen LogP contribution in [-0.4, -0.2) is 47.6 Å². The van der Waals surface area contributed by atoms with Gasteiger partial charge in [0, 0.05) is 12.3 Å². The van der Waals surface area contributed by atoms with Crippen molar-refractivity contribution < 1.29 is 14.0 Å². The summed E-state index contributed by atoms with van der Waals surface area (Å²) in [7, 11) is 0. The number of ether oxygens (including phenoxy) is 2. The molecule has 0 saturated carbocycles. The van der Waals surface area contributed by atoms with Crippen molar-refractivity contribution in [2.75, 3.05) is 26.3 Å². The van der Waals surface area contributed by atoms with Crippen LogP contribution in [0, 0.1) is 11.8 Å². The van der Waals surface area contributed by atoms with Gasteiger partial charge in [0.15, 0.2) is 12.1 Å². The largest absolute Gasteiger partial charge is 0.350 e. The summed E-state index contributed by atoms with van der Waals surface area (Å²) in [5.41, 5.74) is 0. The zero-order valence-corrected chi connectivity index (χ0v) is 13.0. The molecule has 3 rings (SSSR count). The molecular weight excluding hydrogens is 270 g/mol. The molecule has 2 aliphatic rings. The van der Waals surface area contributed by atoms with Gasteiger partial charge in [0.05, 0.1) is 19.8 Å². The quantitative estimate of drug-likeness (QED) is 0.826. The molecule has 3 heterocycles. The lowest BCUT2D eigenvalue weighted by Gasteiger charge is -2.33. The van der Waals surface area contributed by atoms with Crippen molar-refractivity contribution in [3.63, 3.8) is 0 Å².